The van der Waals surface area contributed by atoms with Crippen molar-refractivity contribution >= 4 is 12.3 Å². The van der Waals surface area contributed by atoms with Gasteiger partial charge in [0.05, 0.1) is 6.61 Å². The summed E-state index contributed by atoms with van der Waals surface area (Å²) in [4.78, 5) is 22.6. The number of aldehydes is 1. The van der Waals surface area contributed by atoms with E-state index in [1.807, 2.05) is 0 Å². The highest BCUT2D eigenvalue weighted by molar-refractivity contribution is 5.79. The minimum Gasteiger partial charge on any atom is -0.463 e. The molecule has 0 aromatic heterocycles. The molecule has 3 aliphatic carbocycles. The van der Waals surface area contributed by atoms with Crippen LogP contribution in [0.25, 0.3) is 0 Å². The normalized spacial score (nSPS) is 40.1. The zero-order valence-electron chi connectivity index (χ0n) is 17.7. The Kier molecular flexibility index (Phi) is 6.86. The molecule has 3 fully saturated rings. The van der Waals surface area contributed by atoms with Crippen molar-refractivity contribution in [2.75, 3.05) is 6.61 Å². The molecule has 0 saturated heterocycles. The van der Waals surface area contributed by atoms with Gasteiger partial charge in [-0.15, -0.1) is 0 Å². The minimum absolute atomic E-state index is 0.0791. The van der Waals surface area contributed by atoms with Crippen molar-refractivity contribution < 1.29 is 24.5 Å². The maximum Gasteiger partial charge on any atom is 0.338 e. The van der Waals surface area contributed by atoms with E-state index in [1.165, 1.54) is 38.5 Å². The highest BCUT2D eigenvalue weighted by Crippen LogP contribution is 2.58. The lowest BCUT2D eigenvalue weighted by atomic mass is 9.50. The molecule has 0 amide bonds. The van der Waals surface area contributed by atoms with E-state index >= 15 is 0 Å². The van der Waals surface area contributed by atoms with Gasteiger partial charge in [-0.1, -0.05) is 27.2 Å². The molecule has 3 saturated carbocycles. The first-order valence-electron chi connectivity index (χ1n) is 11.2. The zero-order chi connectivity index (χ0) is 20.5. The van der Waals surface area contributed by atoms with E-state index < -0.39 is 18.2 Å². The van der Waals surface area contributed by atoms with Gasteiger partial charge in [-0.25, -0.2) is 4.79 Å². The molecule has 0 aromatic carbocycles. The largest absolute Gasteiger partial charge is 0.463 e. The Morgan fingerprint density at radius 2 is 1.89 bits per heavy atom. The van der Waals surface area contributed by atoms with E-state index in [-0.39, 0.29) is 18.3 Å². The lowest BCUT2D eigenvalue weighted by Gasteiger charge is -2.55. The molecule has 5 nitrogen and oxygen atoms in total. The number of esters is 1. The molecule has 0 aromatic rings. The van der Waals surface area contributed by atoms with Crippen molar-refractivity contribution in [2.45, 2.75) is 84.3 Å². The summed E-state index contributed by atoms with van der Waals surface area (Å²) in [5.74, 6) is 3.70. The molecular formula is C23H38O5. The van der Waals surface area contributed by atoms with Crippen LogP contribution >= 0.6 is 0 Å². The molecular weight excluding hydrogens is 356 g/mol. The van der Waals surface area contributed by atoms with Crippen LogP contribution < -0.4 is 0 Å². The molecule has 0 bridgehead atoms. The van der Waals surface area contributed by atoms with E-state index in [0.717, 1.165) is 42.4 Å². The standard InChI is InChI=1S/C23H38O5/c1-14(2)15-6-8-17-16(11-15)7-9-19-18(17)5-4-10-23(19,3)13-28-22(27)21(26)20(25)12-24/h12,14-21,25-26H,4-11,13H2,1-3H3/t15?,16?,17?,18?,19?,20-,21+,23?/m0/s1. The second kappa shape index (κ2) is 8.83. The molecule has 5 heteroatoms. The third-order valence-electron chi connectivity index (χ3n) is 8.37. The van der Waals surface area contributed by atoms with Gasteiger partial charge in [0.15, 0.2) is 12.4 Å². The summed E-state index contributed by atoms with van der Waals surface area (Å²) in [5, 5.41) is 19.1. The lowest BCUT2D eigenvalue weighted by molar-refractivity contribution is -0.169. The van der Waals surface area contributed by atoms with Crippen molar-refractivity contribution in [1.29, 1.82) is 0 Å². The highest BCUT2D eigenvalue weighted by Gasteiger charge is 2.51. The van der Waals surface area contributed by atoms with E-state index in [2.05, 4.69) is 20.8 Å². The molecule has 0 spiro atoms. The SMILES string of the molecule is CC(C)C1CCC2C(CCC3C2CCCC3(C)COC(=O)[C@H](O)[C@@H](O)C=O)C1. The van der Waals surface area contributed by atoms with Gasteiger partial charge < -0.3 is 19.7 Å². The van der Waals surface area contributed by atoms with E-state index in [0.29, 0.717) is 5.92 Å². The van der Waals surface area contributed by atoms with Crippen LogP contribution in [0.1, 0.15) is 72.1 Å². The molecule has 28 heavy (non-hydrogen) atoms. The molecule has 3 aliphatic rings. The van der Waals surface area contributed by atoms with Gasteiger partial charge in [0.2, 0.25) is 0 Å². The summed E-state index contributed by atoms with van der Waals surface area (Å²) in [6.45, 7) is 7.21. The average molecular weight is 395 g/mol. The highest BCUT2D eigenvalue weighted by atomic mass is 16.5. The summed E-state index contributed by atoms with van der Waals surface area (Å²) in [6, 6.07) is 0. The summed E-state index contributed by atoms with van der Waals surface area (Å²) in [7, 11) is 0. The van der Waals surface area contributed by atoms with E-state index in [1.54, 1.807) is 0 Å². The predicted molar refractivity (Wildman–Crippen MR) is 106 cm³/mol. The van der Waals surface area contributed by atoms with Gasteiger partial charge in [0, 0.05) is 5.41 Å². The van der Waals surface area contributed by atoms with Crippen molar-refractivity contribution in [1.82, 2.24) is 0 Å². The number of carbonyl (C=O) groups is 2. The minimum atomic E-state index is -1.79. The first kappa shape index (κ1) is 21.8. The second-order valence-corrected chi connectivity index (χ2v) is 10.3. The molecule has 2 N–H and O–H groups in total. The Hall–Kier alpha value is -0.940. The molecule has 160 valence electrons. The van der Waals surface area contributed by atoms with Gasteiger partial charge in [-0.2, -0.15) is 0 Å². The van der Waals surface area contributed by atoms with E-state index in [9.17, 15) is 19.8 Å². The van der Waals surface area contributed by atoms with Crippen LogP contribution in [0, 0.1) is 40.9 Å². The second-order valence-electron chi connectivity index (χ2n) is 10.3. The number of ether oxygens (including phenoxy) is 1. The Morgan fingerprint density at radius 1 is 1.14 bits per heavy atom. The van der Waals surface area contributed by atoms with Gasteiger partial charge in [0.25, 0.3) is 0 Å². The predicted octanol–water partition coefficient (Wildman–Crippen LogP) is 3.36. The van der Waals surface area contributed by atoms with Crippen LogP contribution in [0.2, 0.25) is 0 Å². The first-order valence-corrected chi connectivity index (χ1v) is 11.2. The number of aliphatic hydroxyl groups excluding tert-OH is 2. The van der Waals surface area contributed by atoms with Crippen LogP contribution in [-0.4, -0.2) is 41.3 Å². The Morgan fingerprint density at radius 3 is 2.57 bits per heavy atom. The molecule has 6 unspecified atom stereocenters. The lowest BCUT2D eigenvalue weighted by Crippen LogP contribution is -2.49. The summed E-state index contributed by atoms with van der Waals surface area (Å²) >= 11 is 0. The smallest absolute Gasteiger partial charge is 0.338 e. The quantitative estimate of drug-likeness (QED) is 0.533. The summed E-state index contributed by atoms with van der Waals surface area (Å²) in [6.07, 6.45) is 6.69. The topological polar surface area (TPSA) is 83.8 Å². The van der Waals surface area contributed by atoms with Crippen LogP contribution in [0.3, 0.4) is 0 Å². The number of hydrogen-bond acceptors (Lipinski definition) is 5. The zero-order valence-corrected chi connectivity index (χ0v) is 17.7. The van der Waals surface area contributed by atoms with Crippen molar-refractivity contribution in [3.8, 4) is 0 Å². The molecule has 8 atom stereocenters. The number of aliphatic hydroxyl groups is 2. The maximum absolute atomic E-state index is 12.0. The molecule has 0 radical (unpaired) electrons. The van der Waals surface area contributed by atoms with Gasteiger partial charge in [0.1, 0.15) is 6.10 Å². The fraction of sp³-hybridized carbons (Fsp3) is 0.913. The number of rotatable bonds is 6. The maximum atomic E-state index is 12.0. The van der Waals surface area contributed by atoms with Gasteiger partial charge in [-0.3, -0.25) is 0 Å². The van der Waals surface area contributed by atoms with Crippen molar-refractivity contribution in [2.24, 2.45) is 40.9 Å². The average Bonchev–Trinajstić information content (AvgIpc) is 2.70. The molecule has 3 rings (SSSR count). The van der Waals surface area contributed by atoms with Crippen LogP contribution in [0.15, 0.2) is 0 Å². The third-order valence-corrected chi connectivity index (χ3v) is 8.37. The van der Waals surface area contributed by atoms with Gasteiger partial charge >= 0.3 is 5.97 Å². The van der Waals surface area contributed by atoms with Crippen LogP contribution in [-0.2, 0) is 14.3 Å². The summed E-state index contributed by atoms with van der Waals surface area (Å²) < 4.78 is 5.40. The Labute approximate surface area is 169 Å². The van der Waals surface area contributed by atoms with Gasteiger partial charge in [-0.05, 0) is 80.5 Å². The number of fused-ring (bicyclic) bond motifs is 3. The molecule has 0 heterocycles. The number of carbonyl (C=O) groups excluding carboxylic acids is 2. The Balaban J connectivity index is 1.63. The van der Waals surface area contributed by atoms with Crippen LogP contribution in [0.5, 0.6) is 0 Å². The fourth-order valence-corrected chi connectivity index (χ4v) is 6.65. The monoisotopic (exact) mass is 394 g/mol. The Bertz CT molecular complexity index is 561. The fourth-order valence-electron chi connectivity index (χ4n) is 6.65. The van der Waals surface area contributed by atoms with Crippen LogP contribution in [0.4, 0.5) is 0 Å². The number of hydrogen-bond donors (Lipinski definition) is 2. The third kappa shape index (κ3) is 4.30. The van der Waals surface area contributed by atoms with Crippen molar-refractivity contribution in [3.05, 3.63) is 0 Å². The first-order chi connectivity index (χ1) is 13.3. The summed E-state index contributed by atoms with van der Waals surface area (Å²) in [5.41, 5.74) is -0.0791. The van der Waals surface area contributed by atoms with Crippen molar-refractivity contribution in [3.63, 3.8) is 0 Å². The molecule has 0 aliphatic heterocycles. The van der Waals surface area contributed by atoms with E-state index in [4.69, 9.17) is 4.74 Å².